The van der Waals surface area contributed by atoms with Gasteiger partial charge in [0.2, 0.25) is 5.91 Å². The van der Waals surface area contributed by atoms with E-state index in [1.165, 1.54) is 11.4 Å². The molecule has 1 unspecified atom stereocenters. The topological polar surface area (TPSA) is 116 Å². The van der Waals surface area contributed by atoms with E-state index in [2.05, 4.69) is 4.72 Å². The summed E-state index contributed by atoms with van der Waals surface area (Å²) in [6, 6.07) is 7.64. The monoisotopic (exact) mass is 412 g/mol. The lowest BCUT2D eigenvalue weighted by molar-refractivity contribution is -0.129. The van der Waals surface area contributed by atoms with Crippen LogP contribution in [0.4, 0.5) is 0 Å². The molecule has 3 rings (SSSR count). The number of amidine groups is 1. The summed E-state index contributed by atoms with van der Waals surface area (Å²) in [5, 5.41) is 9.50. The highest BCUT2D eigenvalue weighted by atomic mass is 35.5. The van der Waals surface area contributed by atoms with E-state index >= 15 is 0 Å². The lowest BCUT2D eigenvalue weighted by atomic mass is 10.1. The van der Waals surface area contributed by atoms with Crippen molar-refractivity contribution in [3.8, 4) is 0 Å². The van der Waals surface area contributed by atoms with Gasteiger partial charge >= 0.3 is 0 Å². The van der Waals surface area contributed by atoms with Crippen LogP contribution in [0.1, 0.15) is 17.5 Å². The molecule has 7 nitrogen and oxygen atoms in total. The van der Waals surface area contributed by atoms with E-state index in [0.717, 1.165) is 16.9 Å². The first-order valence-electron chi connectivity index (χ1n) is 7.75. The first-order chi connectivity index (χ1) is 12.3. The van der Waals surface area contributed by atoms with Crippen molar-refractivity contribution >= 4 is 44.7 Å². The SMILES string of the molecule is N=C(N)c1ccccc1CN1CCC(NS(=O)(=O)c2cc(Cl)cs2)C1=O. The lowest BCUT2D eigenvalue weighted by Gasteiger charge is -2.19. The molecule has 1 aliphatic heterocycles. The molecule has 1 aliphatic rings. The number of carbonyl (C=O) groups is 1. The number of carbonyl (C=O) groups excluding carboxylic acids is 1. The van der Waals surface area contributed by atoms with Gasteiger partial charge in [0, 0.05) is 24.0 Å². The van der Waals surface area contributed by atoms with Crippen LogP contribution in [-0.4, -0.2) is 37.6 Å². The second-order valence-corrected chi connectivity index (χ2v) is 9.17. The van der Waals surface area contributed by atoms with Crippen molar-refractivity contribution in [2.75, 3.05) is 6.54 Å². The summed E-state index contributed by atoms with van der Waals surface area (Å²) >= 11 is 6.79. The molecular weight excluding hydrogens is 396 g/mol. The highest BCUT2D eigenvalue weighted by Crippen LogP contribution is 2.25. The molecular formula is C16H17ClN4O3S2. The summed E-state index contributed by atoms with van der Waals surface area (Å²) in [5.74, 6) is -0.367. The molecule has 0 saturated carbocycles. The predicted molar refractivity (Wildman–Crippen MR) is 101 cm³/mol. The number of nitrogens with one attached hydrogen (secondary N) is 2. The Morgan fingerprint density at radius 3 is 2.81 bits per heavy atom. The molecule has 0 radical (unpaired) electrons. The zero-order chi connectivity index (χ0) is 18.9. The fourth-order valence-electron chi connectivity index (χ4n) is 2.81. The Balaban J connectivity index is 1.72. The number of likely N-dealkylation sites (tertiary alicyclic amines) is 1. The number of benzene rings is 1. The van der Waals surface area contributed by atoms with Crippen molar-refractivity contribution in [3.63, 3.8) is 0 Å². The Labute approximate surface area is 160 Å². The highest BCUT2D eigenvalue weighted by Gasteiger charge is 2.35. The molecule has 1 saturated heterocycles. The Morgan fingerprint density at radius 1 is 1.42 bits per heavy atom. The zero-order valence-electron chi connectivity index (χ0n) is 13.6. The quantitative estimate of drug-likeness (QED) is 0.495. The molecule has 4 N–H and O–H groups in total. The molecule has 1 atom stereocenters. The predicted octanol–water partition coefficient (Wildman–Crippen LogP) is 1.76. The van der Waals surface area contributed by atoms with Gasteiger partial charge in [0.15, 0.2) is 0 Å². The van der Waals surface area contributed by atoms with Crippen molar-refractivity contribution in [1.82, 2.24) is 9.62 Å². The average molecular weight is 413 g/mol. The van der Waals surface area contributed by atoms with E-state index in [-0.39, 0.29) is 22.5 Å². The second-order valence-electron chi connectivity index (χ2n) is 5.88. The Bertz CT molecular complexity index is 958. The maximum atomic E-state index is 12.6. The van der Waals surface area contributed by atoms with Crippen molar-refractivity contribution in [1.29, 1.82) is 5.41 Å². The third-order valence-electron chi connectivity index (χ3n) is 4.07. The van der Waals surface area contributed by atoms with Gasteiger partial charge < -0.3 is 10.6 Å². The average Bonchev–Trinajstić information content (AvgIpc) is 3.16. The van der Waals surface area contributed by atoms with Gasteiger partial charge in [-0.1, -0.05) is 35.9 Å². The Hall–Kier alpha value is -1.94. The number of amides is 1. The van der Waals surface area contributed by atoms with E-state index < -0.39 is 16.1 Å². The maximum Gasteiger partial charge on any atom is 0.250 e. The molecule has 2 heterocycles. The van der Waals surface area contributed by atoms with Gasteiger partial charge in [-0.25, -0.2) is 8.42 Å². The third-order valence-corrected chi connectivity index (χ3v) is 7.33. The van der Waals surface area contributed by atoms with Crippen molar-refractivity contribution in [2.24, 2.45) is 5.73 Å². The molecule has 0 bridgehead atoms. The Kier molecular flexibility index (Phi) is 5.33. The second kappa shape index (κ2) is 7.36. The summed E-state index contributed by atoms with van der Waals surface area (Å²) < 4.78 is 27.3. The zero-order valence-corrected chi connectivity index (χ0v) is 16.0. The normalized spacial score (nSPS) is 17.7. The minimum atomic E-state index is -3.79. The Morgan fingerprint density at radius 2 is 2.15 bits per heavy atom. The smallest absolute Gasteiger partial charge is 0.250 e. The molecule has 0 spiro atoms. The van der Waals surface area contributed by atoms with Crippen LogP contribution in [0.3, 0.4) is 0 Å². The van der Waals surface area contributed by atoms with Crippen LogP contribution in [0.15, 0.2) is 39.9 Å². The summed E-state index contributed by atoms with van der Waals surface area (Å²) in [4.78, 5) is 14.2. The minimum Gasteiger partial charge on any atom is -0.384 e. The number of nitrogens with zero attached hydrogens (tertiary/aromatic N) is 1. The summed E-state index contributed by atoms with van der Waals surface area (Å²) in [6.45, 7) is 0.696. The molecule has 2 aromatic rings. The van der Waals surface area contributed by atoms with Crippen LogP contribution in [0, 0.1) is 5.41 Å². The maximum absolute atomic E-state index is 12.6. The first-order valence-corrected chi connectivity index (χ1v) is 10.5. The largest absolute Gasteiger partial charge is 0.384 e. The number of hydrogen-bond donors (Lipinski definition) is 3. The number of thiophene rings is 1. The van der Waals surface area contributed by atoms with E-state index in [9.17, 15) is 13.2 Å². The number of sulfonamides is 1. The summed E-state index contributed by atoms with van der Waals surface area (Å²) in [6.07, 6.45) is 0.374. The van der Waals surface area contributed by atoms with Crippen LogP contribution in [0.5, 0.6) is 0 Å². The molecule has 1 aromatic carbocycles. The van der Waals surface area contributed by atoms with Crippen LogP contribution in [-0.2, 0) is 21.4 Å². The molecule has 0 aliphatic carbocycles. The third kappa shape index (κ3) is 3.90. The van der Waals surface area contributed by atoms with E-state index in [1.807, 2.05) is 6.07 Å². The number of nitrogens with two attached hydrogens (primary N) is 1. The van der Waals surface area contributed by atoms with Crippen LogP contribution < -0.4 is 10.5 Å². The molecule has 10 heteroatoms. The van der Waals surface area contributed by atoms with E-state index in [0.29, 0.717) is 23.6 Å². The van der Waals surface area contributed by atoms with Crippen molar-refractivity contribution in [3.05, 3.63) is 51.9 Å². The molecule has 1 aromatic heterocycles. The van der Waals surface area contributed by atoms with Crippen molar-refractivity contribution < 1.29 is 13.2 Å². The standard InChI is InChI=1S/C16H17ClN4O3S2/c17-11-7-14(25-9-11)26(23,24)20-13-5-6-21(16(13)22)8-10-3-1-2-4-12(10)15(18)19/h1-4,7,9,13,20H,5-6,8H2,(H3,18,19). The van der Waals surface area contributed by atoms with E-state index in [4.69, 9.17) is 22.7 Å². The molecule has 26 heavy (non-hydrogen) atoms. The minimum absolute atomic E-state index is 0.0703. The number of halogens is 1. The van der Waals surface area contributed by atoms with Gasteiger partial charge in [0.05, 0.1) is 5.02 Å². The summed E-state index contributed by atoms with van der Waals surface area (Å²) in [5.41, 5.74) is 6.90. The summed E-state index contributed by atoms with van der Waals surface area (Å²) in [7, 11) is -3.79. The lowest BCUT2D eigenvalue weighted by Crippen LogP contribution is -2.41. The number of rotatable bonds is 6. The van der Waals surface area contributed by atoms with Gasteiger partial charge in [-0.15, -0.1) is 11.3 Å². The van der Waals surface area contributed by atoms with Crippen LogP contribution in [0.2, 0.25) is 5.02 Å². The van der Waals surface area contributed by atoms with Gasteiger partial charge in [-0.05, 0) is 18.1 Å². The molecule has 1 fully saturated rings. The van der Waals surface area contributed by atoms with Gasteiger partial charge in [0.1, 0.15) is 16.1 Å². The molecule has 1 amide bonds. The van der Waals surface area contributed by atoms with Crippen LogP contribution >= 0.6 is 22.9 Å². The van der Waals surface area contributed by atoms with Gasteiger partial charge in [-0.2, -0.15) is 4.72 Å². The van der Waals surface area contributed by atoms with Crippen molar-refractivity contribution in [2.45, 2.75) is 23.2 Å². The van der Waals surface area contributed by atoms with Crippen LogP contribution in [0.25, 0.3) is 0 Å². The molecule has 138 valence electrons. The fourth-order valence-corrected chi connectivity index (χ4v) is 5.46. The van der Waals surface area contributed by atoms with E-state index in [1.54, 1.807) is 23.1 Å². The fraction of sp³-hybridized carbons (Fsp3) is 0.250. The number of nitrogen functional groups attached to an aromatic ring is 1. The number of hydrogen-bond acceptors (Lipinski definition) is 5. The first kappa shape index (κ1) is 18.8. The van der Waals surface area contributed by atoms with Gasteiger partial charge in [-0.3, -0.25) is 10.2 Å². The van der Waals surface area contributed by atoms with Gasteiger partial charge in [0.25, 0.3) is 10.0 Å². The highest BCUT2D eigenvalue weighted by molar-refractivity contribution is 7.91.